The maximum Gasteiger partial charge on any atom is 0.164 e. The van der Waals surface area contributed by atoms with Gasteiger partial charge in [0.2, 0.25) is 0 Å². The standard InChI is InChI=1S/C12H18FNO3/c1-7(2)17-12-5-9(13)8(10(14)6-15)4-11(12)16-3/h4-5,7,10,15H,6,14H2,1-3H3. The number of hydrogen-bond donors (Lipinski definition) is 2. The van der Waals surface area contributed by atoms with E-state index in [4.69, 9.17) is 20.3 Å². The highest BCUT2D eigenvalue weighted by Crippen LogP contribution is 2.32. The molecule has 1 aromatic carbocycles. The van der Waals surface area contributed by atoms with Crippen LogP contribution in [0.25, 0.3) is 0 Å². The summed E-state index contributed by atoms with van der Waals surface area (Å²) in [7, 11) is 1.47. The lowest BCUT2D eigenvalue weighted by Crippen LogP contribution is -2.17. The predicted octanol–water partition coefficient (Wildman–Crippen LogP) is 1.61. The summed E-state index contributed by atoms with van der Waals surface area (Å²) in [6.45, 7) is 3.35. The molecule has 17 heavy (non-hydrogen) atoms. The van der Waals surface area contributed by atoms with Crippen LogP contribution in [0.3, 0.4) is 0 Å². The normalized spacial score (nSPS) is 12.6. The zero-order chi connectivity index (χ0) is 13.0. The van der Waals surface area contributed by atoms with Gasteiger partial charge in [-0.3, -0.25) is 0 Å². The summed E-state index contributed by atoms with van der Waals surface area (Å²) in [4.78, 5) is 0. The number of nitrogens with two attached hydrogens (primary N) is 1. The van der Waals surface area contributed by atoms with Gasteiger partial charge >= 0.3 is 0 Å². The molecular weight excluding hydrogens is 225 g/mol. The van der Waals surface area contributed by atoms with Crippen molar-refractivity contribution in [1.29, 1.82) is 0 Å². The Bertz CT molecular complexity index is 382. The number of hydrogen-bond acceptors (Lipinski definition) is 4. The molecule has 0 radical (unpaired) electrons. The van der Waals surface area contributed by atoms with Crippen molar-refractivity contribution < 1.29 is 19.0 Å². The lowest BCUT2D eigenvalue weighted by Gasteiger charge is -2.17. The Morgan fingerprint density at radius 2 is 2.00 bits per heavy atom. The van der Waals surface area contributed by atoms with E-state index in [1.54, 1.807) is 0 Å². The molecule has 0 spiro atoms. The van der Waals surface area contributed by atoms with E-state index in [0.29, 0.717) is 11.5 Å². The highest BCUT2D eigenvalue weighted by atomic mass is 19.1. The molecule has 1 aromatic rings. The first-order valence-electron chi connectivity index (χ1n) is 5.40. The molecule has 0 fully saturated rings. The van der Waals surface area contributed by atoms with Crippen LogP contribution in [-0.2, 0) is 0 Å². The molecule has 3 N–H and O–H groups in total. The topological polar surface area (TPSA) is 64.7 Å². The molecule has 0 bridgehead atoms. The fourth-order valence-electron chi connectivity index (χ4n) is 1.44. The lowest BCUT2D eigenvalue weighted by atomic mass is 10.1. The third kappa shape index (κ3) is 3.31. The summed E-state index contributed by atoms with van der Waals surface area (Å²) in [6, 6.07) is 1.91. The molecular formula is C12H18FNO3. The van der Waals surface area contributed by atoms with Crippen molar-refractivity contribution in [3.05, 3.63) is 23.5 Å². The van der Waals surface area contributed by atoms with E-state index in [0.717, 1.165) is 0 Å². The molecule has 0 saturated heterocycles. The minimum Gasteiger partial charge on any atom is -0.493 e. The van der Waals surface area contributed by atoms with Crippen molar-refractivity contribution in [1.82, 2.24) is 0 Å². The second-order valence-electron chi connectivity index (χ2n) is 3.98. The van der Waals surface area contributed by atoms with Gasteiger partial charge in [0.15, 0.2) is 11.5 Å². The zero-order valence-corrected chi connectivity index (χ0v) is 10.2. The Hall–Kier alpha value is -1.33. The Labute approximate surface area is 100 Å². The first kappa shape index (κ1) is 13.7. The molecule has 96 valence electrons. The molecule has 1 atom stereocenters. The first-order valence-corrected chi connectivity index (χ1v) is 5.40. The van der Waals surface area contributed by atoms with Gasteiger partial charge in [-0.1, -0.05) is 0 Å². The van der Waals surface area contributed by atoms with Crippen LogP contribution in [0.15, 0.2) is 12.1 Å². The molecule has 5 heteroatoms. The van der Waals surface area contributed by atoms with E-state index in [-0.39, 0.29) is 18.3 Å². The molecule has 0 amide bonds. The van der Waals surface area contributed by atoms with Crippen molar-refractivity contribution >= 4 is 0 Å². The number of aliphatic hydroxyl groups is 1. The largest absolute Gasteiger partial charge is 0.493 e. The van der Waals surface area contributed by atoms with Crippen molar-refractivity contribution in [3.63, 3.8) is 0 Å². The minimum atomic E-state index is -0.767. The number of methoxy groups -OCH3 is 1. The van der Waals surface area contributed by atoms with Crippen molar-refractivity contribution in [2.75, 3.05) is 13.7 Å². The smallest absolute Gasteiger partial charge is 0.164 e. The Kier molecular flexibility index (Phi) is 4.72. The van der Waals surface area contributed by atoms with E-state index in [1.165, 1.54) is 19.2 Å². The van der Waals surface area contributed by atoms with Gasteiger partial charge in [-0.15, -0.1) is 0 Å². The van der Waals surface area contributed by atoms with Gasteiger partial charge in [-0.2, -0.15) is 0 Å². The third-order valence-corrected chi connectivity index (χ3v) is 2.24. The Morgan fingerprint density at radius 3 is 2.47 bits per heavy atom. The summed E-state index contributed by atoms with van der Waals surface area (Å²) in [5.74, 6) is 0.218. The number of ether oxygens (including phenoxy) is 2. The highest BCUT2D eigenvalue weighted by molar-refractivity contribution is 5.44. The number of halogens is 1. The monoisotopic (exact) mass is 243 g/mol. The molecule has 1 unspecified atom stereocenters. The van der Waals surface area contributed by atoms with E-state index in [1.807, 2.05) is 13.8 Å². The molecule has 1 rings (SSSR count). The van der Waals surface area contributed by atoms with Crippen LogP contribution in [0, 0.1) is 5.82 Å². The van der Waals surface area contributed by atoms with Crippen LogP contribution in [0.5, 0.6) is 11.5 Å². The molecule has 0 aliphatic rings. The molecule has 4 nitrogen and oxygen atoms in total. The molecule has 0 aliphatic heterocycles. The third-order valence-electron chi connectivity index (χ3n) is 2.24. The van der Waals surface area contributed by atoms with Crippen LogP contribution in [-0.4, -0.2) is 24.9 Å². The van der Waals surface area contributed by atoms with Gasteiger partial charge in [0.25, 0.3) is 0 Å². The average molecular weight is 243 g/mol. The van der Waals surface area contributed by atoms with E-state index >= 15 is 0 Å². The quantitative estimate of drug-likeness (QED) is 0.824. The summed E-state index contributed by atoms with van der Waals surface area (Å²) < 4.78 is 24.3. The second-order valence-corrected chi connectivity index (χ2v) is 3.98. The lowest BCUT2D eigenvalue weighted by molar-refractivity contribution is 0.227. The average Bonchev–Trinajstić information content (AvgIpc) is 2.27. The van der Waals surface area contributed by atoms with Gasteiger partial charge in [0, 0.05) is 11.6 Å². The van der Waals surface area contributed by atoms with Gasteiger partial charge in [0.05, 0.1) is 25.9 Å². The molecule has 0 aromatic heterocycles. The summed E-state index contributed by atoms with van der Waals surface area (Å²) in [5, 5.41) is 8.93. The Morgan fingerprint density at radius 1 is 1.35 bits per heavy atom. The minimum absolute atomic E-state index is 0.0827. The number of aliphatic hydroxyl groups excluding tert-OH is 1. The van der Waals surface area contributed by atoms with E-state index in [2.05, 4.69) is 0 Å². The van der Waals surface area contributed by atoms with Crippen LogP contribution in [0.2, 0.25) is 0 Å². The molecule has 0 saturated carbocycles. The predicted molar refractivity (Wildman–Crippen MR) is 62.7 cm³/mol. The van der Waals surface area contributed by atoms with Gasteiger partial charge in [-0.25, -0.2) is 4.39 Å². The summed E-state index contributed by atoms with van der Waals surface area (Å²) in [5.41, 5.74) is 5.79. The van der Waals surface area contributed by atoms with Gasteiger partial charge in [-0.05, 0) is 19.9 Å². The van der Waals surface area contributed by atoms with Crippen molar-refractivity contribution in [3.8, 4) is 11.5 Å². The summed E-state index contributed by atoms with van der Waals surface area (Å²) in [6.07, 6.45) is -0.0827. The van der Waals surface area contributed by atoms with Crippen molar-refractivity contribution in [2.45, 2.75) is 26.0 Å². The SMILES string of the molecule is COc1cc(C(N)CO)c(F)cc1OC(C)C. The van der Waals surface area contributed by atoms with E-state index < -0.39 is 11.9 Å². The van der Waals surface area contributed by atoms with Crippen molar-refractivity contribution in [2.24, 2.45) is 5.73 Å². The van der Waals surface area contributed by atoms with Gasteiger partial charge in [0.1, 0.15) is 5.82 Å². The maximum absolute atomic E-state index is 13.7. The molecule has 0 aliphatic carbocycles. The van der Waals surface area contributed by atoms with Crippen LogP contribution >= 0.6 is 0 Å². The van der Waals surface area contributed by atoms with Crippen LogP contribution < -0.4 is 15.2 Å². The van der Waals surface area contributed by atoms with Crippen LogP contribution in [0.1, 0.15) is 25.5 Å². The van der Waals surface area contributed by atoms with Crippen LogP contribution in [0.4, 0.5) is 4.39 Å². The second kappa shape index (κ2) is 5.84. The first-order chi connectivity index (χ1) is 7.99. The number of benzene rings is 1. The van der Waals surface area contributed by atoms with Gasteiger partial charge < -0.3 is 20.3 Å². The highest BCUT2D eigenvalue weighted by Gasteiger charge is 2.16. The number of rotatable bonds is 5. The fourth-order valence-corrected chi connectivity index (χ4v) is 1.44. The summed E-state index contributed by atoms with van der Waals surface area (Å²) >= 11 is 0. The Balaban J connectivity index is 3.14. The van der Waals surface area contributed by atoms with E-state index in [9.17, 15) is 4.39 Å². The maximum atomic E-state index is 13.7. The molecule has 0 heterocycles. The fraction of sp³-hybridized carbons (Fsp3) is 0.500. The zero-order valence-electron chi connectivity index (χ0n) is 10.2.